The third kappa shape index (κ3) is 4.08. The molecule has 0 aliphatic heterocycles. The third-order valence-electron chi connectivity index (χ3n) is 3.73. The fourth-order valence-corrected chi connectivity index (χ4v) is 2.95. The van der Waals surface area contributed by atoms with Gasteiger partial charge in [-0.1, -0.05) is 25.1 Å². The third-order valence-corrected chi connectivity index (χ3v) is 4.35. The van der Waals surface area contributed by atoms with Gasteiger partial charge in [0.05, 0.1) is 24.8 Å². The van der Waals surface area contributed by atoms with Crippen molar-refractivity contribution in [1.29, 1.82) is 0 Å². The molecule has 0 bridgehead atoms. The Bertz CT molecular complexity index is 442. The van der Waals surface area contributed by atoms with Crippen LogP contribution in [0.4, 0.5) is 0 Å². The van der Waals surface area contributed by atoms with Gasteiger partial charge < -0.3 is 9.47 Å². The van der Waals surface area contributed by atoms with Gasteiger partial charge in [-0.05, 0) is 58.3 Å². The average molecular weight is 325 g/mol. The SMILES string of the molecule is COc1ccc(COCC2CC=CCC2C)cc1Br. The molecule has 2 unspecified atom stereocenters. The van der Waals surface area contributed by atoms with Gasteiger partial charge in [0.2, 0.25) is 0 Å². The minimum atomic E-state index is 0.659. The van der Waals surface area contributed by atoms with Crippen LogP contribution in [0.3, 0.4) is 0 Å². The highest BCUT2D eigenvalue weighted by molar-refractivity contribution is 9.10. The van der Waals surface area contributed by atoms with E-state index in [0.29, 0.717) is 12.5 Å². The first-order chi connectivity index (χ1) is 9.20. The van der Waals surface area contributed by atoms with E-state index in [1.807, 2.05) is 12.1 Å². The molecule has 0 saturated carbocycles. The molecule has 2 rings (SSSR count). The number of ether oxygens (including phenoxy) is 2. The first kappa shape index (κ1) is 14.6. The van der Waals surface area contributed by atoms with Crippen molar-refractivity contribution in [3.05, 3.63) is 40.4 Å². The molecule has 19 heavy (non-hydrogen) atoms. The first-order valence-electron chi connectivity index (χ1n) is 6.76. The summed E-state index contributed by atoms with van der Waals surface area (Å²) in [5.74, 6) is 2.24. The second-order valence-corrected chi connectivity index (χ2v) is 6.02. The van der Waals surface area contributed by atoms with Gasteiger partial charge in [0.15, 0.2) is 0 Å². The molecule has 0 aromatic heterocycles. The predicted molar refractivity (Wildman–Crippen MR) is 81.4 cm³/mol. The average Bonchev–Trinajstić information content (AvgIpc) is 2.41. The maximum Gasteiger partial charge on any atom is 0.133 e. The first-order valence-corrected chi connectivity index (χ1v) is 7.55. The van der Waals surface area contributed by atoms with Crippen molar-refractivity contribution < 1.29 is 9.47 Å². The lowest BCUT2D eigenvalue weighted by Gasteiger charge is -2.24. The molecule has 2 nitrogen and oxygen atoms in total. The Morgan fingerprint density at radius 1 is 1.26 bits per heavy atom. The van der Waals surface area contributed by atoms with Gasteiger partial charge in [0, 0.05) is 0 Å². The Morgan fingerprint density at radius 3 is 2.74 bits per heavy atom. The number of halogens is 1. The molecular weight excluding hydrogens is 304 g/mol. The van der Waals surface area contributed by atoms with Crippen molar-refractivity contribution >= 4 is 15.9 Å². The largest absolute Gasteiger partial charge is 0.496 e. The normalized spacial score (nSPS) is 22.5. The van der Waals surface area contributed by atoms with E-state index in [4.69, 9.17) is 9.47 Å². The molecule has 3 heteroatoms. The Labute approximate surface area is 123 Å². The summed E-state index contributed by atoms with van der Waals surface area (Å²) in [6.07, 6.45) is 6.88. The van der Waals surface area contributed by atoms with E-state index in [-0.39, 0.29) is 0 Å². The van der Waals surface area contributed by atoms with Gasteiger partial charge in [-0.2, -0.15) is 0 Å². The van der Waals surface area contributed by atoms with Crippen molar-refractivity contribution in [3.8, 4) is 5.75 Å². The fraction of sp³-hybridized carbons (Fsp3) is 0.500. The summed E-state index contributed by atoms with van der Waals surface area (Å²) in [7, 11) is 1.67. The Kier molecular flexibility index (Phi) is 5.46. The van der Waals surface area contributed by atoms with Crippen LogP contribution in [0.25, 0.3) is 0 Å². The number of benzene rings is 1. The van der Waals surface area contributed by atoms with Crippen molar-refractivity contribution in [2.75, 3.05) is 13.7 Å². The molecule has 2 atom stereocenters. The van der Waals surface area contributed by atoms with E-state index in [1.165, 1.54) is 12.0 Å². The van der Waals surface area contributed by atoms with Gasteiger partial charge in [-0.3, -0.25) is 0 Å². The summed E-state index contributed by atoms with van der Waals surface area (Å²) in [5, 5.41) is 0. The lowest BCUT2D eigenvalue weighted by Crippen LogP contribution is -2.19. The zero-order valence-electron chi connectivity index (χ0n) is 11.6. The second-order valence-electron chi connectivity index (χ2n) is 5.16. The zero-order valence-corrected chi connectivity index (χ0v) is 13.2. The van der Waals surface area contributed by atoms with E-state index in [9.17, 15) is 0 Å². The van der Waals surface area contributed by atoms with Crippen LogP contribution < -0.4 is 4.74 Å². The van der Waals surface area contributed by atoms with Crippen LogP contribution in [0.15, 0.2) is 34.8 Å². The maximum absolute atomic E-state index is 5.86. The van der Waals surface area contributed by atoms with E-state index in [1.54, 1.807) is 7.11 Å². The molecule has 0 fully saturated rings. The van der Waals surface area contributed by atoms with Crippen molar-refractivity contribution in [1.82, 2.24) is 0 Å². The minimum Gasteiger partial charge on any atom is -0.496 e. The molecule has 0 radical (unpaired) electrons. The zero-order chi connectivity index (χ0) is 13.7. The molecule has 1 aliphatic carbocycles. The van der Waals surface area contributed by atoms with Crippen LogP contribution in [-0.4, -0.2) is 13.7 Å². The van der Waals surface area contributed by atoms with Crippen molar-refractivity contribution in [2.45, 2.75) is 26.4 Å². The van der Waals surface area contributed by atoms with Gasteiger partial charge >= 0.3 is 0 Å². The van der Waals surface area contributed by atoms with E-state index in [0.717, 1.165) is 29.2 Å². The smallest absolute Gasteiger partial charge is 0.133 e. The van der Waals surface area contributed by atoms with Crippen molar-refractivity contribution in [3.63, 3.8) is 0 Å². The highest BCUT2D eigenvalue weighted by Gasteiger charge is 2.18. The number of methoxy groups -OCH3 is 1. The summed E-state index contributed by atoms with van der Waals surface area (Å²) in [6, 6.07) is 6.07. The van der Waals surface area contributed by atoms with Gasteiger partial charge in [-0.25, -0.2) is 0 Å². The van der Waals surface area contributed by atoms with Crippen LogP contribution in [0.2, 0.25) is 0 Å². The molecule has 1 aliphatic rings. The lowest BCUT2D eigenvalue weighted by atomic mass is 9.85. The number of hydrogen-bond donors (Lipinski definition) is 0. The van der Waals surface area contributed by atoms with Crippen LogP contribution in [-0.2, 0) is 11.3 Å². The lowest BCUT2D eigenvalue weighted by molar-refractivity contribution is 0.0680. The Morgan fingerprint density at radius 2 is 2.05 bits per heavy atom. The summed E-state index contributed by atoms with van der Waals surface area (Å²) in [4.78, 5) is 0. The van der Waals surface area contributed by atoms with E-state index < -0.39 is 0 Å². The highest BCUT2D eigenvalue weighted by atomic mass is 79.9. The van der Waals surface area contributed by atoms with Gasteiger partial charge in [0.25, 0.3) is 0 Å². The van der Waals surface area contributed by atoms with Crippen molar-refractivity contribution in [2.24, 2.45) is 11.8 Å². The maximum atomic E-state index is 5.86. The number of allylic oxidation sites excluding steroid dienone is 2. The summed E-state index contributed by atoms with van der Waals surface area (Å²) in [6.45, 7) is 3.81. The molecule has 0 amide bonds. The molecule has 1 aromatic carbocycles. The molecule has 0 saturated heterocycles. The molecular formula is C16H21BrO2. The number of rotatable bonds is 5. The molecule has 0 spiro atoms. The standard InChI is InChI=1S/C16H21BrO2/c1-12-5-3-4-6-14(12)11-19-10-13-7-8-16(18-2)15(17)9-13/h3-4,7-9,12,14H,5-6,10-11H2,1-2H3. The van der Waals surface area contributed by atoms with Crippen LogP contribution >= 0.6 is 15.9 Å². The van der Waals surface area contributed by atoms with Crippen LogP contribution in [0.1, 0.15) is 25.3 Å². The van der Waals surface area contributed by atoms with E-state index >= 15 is 0 Å². The summed E-state index contributed by atoms with van der Waals surface area (Å²) in [5.41, 5.74) is 1.17. The van der Waals surface area contributed by atoms with Crippen LogP contribution in [0.5, 0.6) is 5.75 Å². The monoisotopic (exact) mass is 324 g/mol. The topological polar surface area (TPSA) is 18.5 Å². The summed E-state index contributed by atoms with van der Waals surface area (Å²) < 4.78 is 12.1. The Hall–Kier alpha value is -0.800. The van der Waals surface area contributed by atoms with E-state index in [2.05, 4.69) is 41.1 Å². The summed E-state index contributed by atoms with van der Waals surface area (Å²) >= 11 is 3.50. The molecule has 1 aromatic rings. The highest BCUT2D eigenvalue weighted by Crippen LogP contribution is 2.27. The predicted octanol–water partition coefficient (Wildman–Crippen LogP) is 4.58. The van der Waals surface area contributed by atoms with Crippen LogP contribution in [0, 0.1) is 11.8 Å². The van der Waals surface area contributed by atoms with Gasteiger partial charge in [0.1, 0.15) is 5.75 Å². The fourth-order valence-electron chi connectivity index (χ4n) is 2.37. The molecule has 104 valence electrons. The minimum absolute atomic E-state index is 0.659. The molecule has 0 N–H and O–H groups in total. The number of hydrogen-bond acceptors (Lipinski definition) is 2. The van der Waals surface area contributed by atoms with Gasteiger partial charge in [-0.15, -0.1) is 0 Å². The Balaban J connectivity index is 1.82. The quantitative estimate of drug-likeness (QED) is 0.738. The molecule has 0 heterocycles. The second kappa shape index (κ2) is 7.11.